The molecule has 1 aliphatic rings. The van der Waals surface area contributed by atoms with Gasteiger partial charge in [-0.25, -0.2) is 4.98 Å². The number of carbonyl (C=O) groups excluding carboxylic acids is 1. The van der Waals surface area contributed by atoms with Crippen molar-refractivity contribution in [2.45, 2.75) is 31.6 Å². The molecule has 1 aromatic carbocycles. The molecule has 1 amide bonds. The fraction of sp³-hybridized carbons (Fsp3) is 0.278. The van der Waals surface area contributed by atoms with Gasteiger partial charge >= 0.3 is 5.97 Å². The highest BCUT2D eigenvalue weighted by Gasteiger charge is 2.46. The van der Waals surface area contributed by atoms with Gasteiger partial charge in [-0.2, -0.15) is 0 Å². The number of aliphatic carboxylic acids is 1. The lowest BCUT2D eigenvalue weighted by molar-refractivity contribution is -0.147. The van der Waals surface area contributed by atoms with Crippen LogP contribution in [0.1, 0.15) is 40.7 Å². The Hall–Kier alpha value is -2.69. The zero-order valence-corrected chi connectivity index (χ0v) is 12.9. The highest BCUT2D eigenvalue weighted by atomic mass is 16.4. The number of nitrogens with zero attached hydrogens (tertiary/aromatic N) is 1. The van der Waals surface area contributed by atoms with Gasteiger partial charge in [-0.1, -0.05) is 30.2 Å². The number of carboxylic acids is 1. The average Bonchev–Trinajstić information content (AvgIpc) is 2.47. The second kappa shape index (κ2) is 5.83. The van der Waals surface area contributed by atoms with Crippen LogP contribution in [0.25, 0.3) is 0 Å². The maximum atomic E-state index is 12.2. The van der Waals surface area contributed by atoms with Crippen LogP contribution in [0.4, 0.5) is 5.82 Å². The van der Waals surface area contributed by atoms with Gasteiger partial charge in [0.15, 0.2) is 0 Å². The lowest BCUT2D eigenvalue weighted by atomic mass is 9.65. The Balaban J connectivity index is 1.75. The molecule has 0 spiro atoms. The highest BCUT2D eigenvalue weighted by molar-refractivity contribution is 6.03. The highest BCUT2D eigenvalue weighted by Crippen LogP contribution is 2.43. The van der Waals surface area contributed by atoms with Gasteiger partial charge in [-0.05, 0) is 43.5 Å². The lowest BCUT2D eigenvalue weighted by Crippen LogP contribution is -2.42. The quantitative estimate of drug-likeness (QED) is 0.909. The zero-order chi connectivity index (χ0) is 16.4. The number of hydrogen-bond acceptors (Lipinski definition) is 3. The predicted octanol–water partition coefficient (Wildman–Crippen LogP) is 3.15. The van der Waals surface area contributed by atoms with Crippen molar-refractivity contribution >= 4 is 17.7 Å². The minimum Gasteiger partial charge on any atom is -0.481 e. The van der Waals surface area contributed by atoms with Gasteiger partial charge in [0, 0.05) is 11.8 Å². The van der Waals surface area contributed by atoms with E-state index in [1.54, 1.807) is 30.5 Å². The van der Waals surface area contributed by atoms with Crippen molar-refractivity contribution in [3.63, 3.8) is 0 Å². The van der Waals surface area contributed by atoms with Gasteiger partial charge < -0.3 is 10.4 Å². The van der Waals surface area contributed by atoms with Crippen LogP contribution in [0, 0.1) is 6.92 Å². The van der Waals surface area contributed by atoms with Crippen molar-refractivity contribution in [3.05, 3.63) is 59.3 Å². The summed E-state index contributed by atoms with van der Waals surface area (Å²) in [5.74, 6) is -0.618. The third kappa shape index (κ3) is 2.82. The van der Waals surface area contributed by atoms with Crippen molar-refractivity contribution in [1.82, 2.24) is 4.98 Å². The molecular weight excluding hydrogens is 292 g/mol. The molecule has 5 nitrogen and oxygen atoms in total. The Morgan fingerprint density at radius 2 is 2.00 bits per heavy atom. The predicted molar refractivity (Wildman–Crippen MR) is 86.5 cm³/mol. The first-order valence-corrected chi connectivity index (χ1v) is 7.59. The van der Waals surface area contributed by atoms with E-state index >= 15 is 0 Å². The van der Waals surface area contributed by atoms with Crippen LogP contribution in [-0.2, 0) is 10.2 Å². The Morgan fingerprint density at radius 1 is 1.22 bits per heavy atom. The molecule has 0 bridgehead atoms. The number of carbonyl (C=O) groups is 2. The molecule has 0 unspecified atom stereocenters. The monoisotopic (exact) mass is 310 g/mol. The fourth-order valence-electron chi connectivity index (χ4n) is 2.88. The molecule has 2 N–H and O–H groups in total. The number of pyridine rings is 1. The van der Waals surface area contributed by atoms with Crippen LogP contribution in [-0.4, -0.2) is 22.0 Å². The minimum atomic E-state index is -0.804. The number of aromatic nitrogens is 1. The molecule has 2 aromatic rings. The van der Waals surface area contributed by atoms with E-state index in [9.17, 15) is 14.7 Å². The first kappa shape index (κ1) is 15.2. The largest absolute Gasteiger partial charge is 0.481 e. The fourth-order valence-corrected chi connectivity index (χ4v) is 2.88. The summed E-state index contributed by atoms with van der Waals surface area (Å²) in [6.45, 7) is 1.92. The van der Waals surface area contributed by atoms with E-state index in [-0.39, 0.29) is 5.91 Å². The normalized spacial score (nSPS) is 15.5. The maximum Gasteiger partial charge on any atom is 0.314 e. The number of amides is 1. The Morgan fingerprint density at radius 3 is 2.52 bits per heavy atom. The summed E-state index contributed by atoms with van der Waals surface area (Å²) in [5, 5.41) is 12.2. The summed E-state index contributed by atoms with van der Waals surface area (Å²) in [6, 6.07) is 10.7. The molecule has 118 valence electrons. The van der Waals surface area contributed by atoms with Crippen LogP contribution in [0.15, 0.2) is 42.6 Å². The minimum absolute atomic E-state index is 0.231. The van der Waals surface area contributed by atoms with E-state index < -0.39 is 11.4 Å². The molecule has 0 aliphatic heterocycles. The van der Waals surface area contributed by atoms with Crippen LogP contribution >= 0.6 is 0 Å². The number of hydrogen-bond donors (Lipinski definition) is 2. The summed E-state index contributed by atoms with van der Waals surface area (Å²) < 4.78 is 0. The smallest absolute Gasteiger partial charge is 0.314 e. The SMILES string of the molecule is Cc1cccc(C(=O)Nc2ccc(C3(C(=O)O)CCC3)cn2)c1. The molecule has 3 rings (SSSR count). The number of rotatable bonds is 4. The van der Waals surface area contributed by atoms with E-state index in [4.69, 9.17) is 0 Å². The third-order valence-corrected chi connectivity index (χ3v) is 4.45. The van der Waals surface area contributed by atoms with E-state index in [2.05, 4.69) is 10.3 Å². The van der Waals surface area contributed by atoms with Gasteiger partial charge in [-0.3, -0.25) is 9.59 Å². The van der Waals surface area contributed by atoms with Crippen LogP contribution in [0.5, 0.6) is 0 Å². The van der Waals surface area contributed by atoms with E-state index in [1.165, 1.54) is 0 Å². The second-order valence-corrected chi connectivity index (χ2v) is 6.00. The number of nitrogens with one attached hydrogen (secondary N) is 1. The van der Waals surface area contributed by atoms with Gasteiger partial charge in [-0.15, -0.1) is 0 Å². The van der Waals surface area contributed by atoms with Crippen LogP contribution < -0.4 is 5.32 Å². The van der Waals surface area contributed by atoms with Gasteiger partial charge in [0.25, 0.3) is 5.91 Å². The molecule has 0 saturated heterocycles. The molecule has 5 heteroatoms. The number of aryl methyl sites for hydroxylation is 1. The zero-order valence-electron chi connectivity index (χ0n) is 12.9. The number of benzene rings is 1. The molecule has 0 atom stereocenters. The maximum absolute atomic E-state index is 12.2. The first-order chi connectivity index (χ1) is 11.0. The van der Waals surface area contributed by atoms with Gasteiger partial charge in [0.1, 0.15) is 5.82 Å². The molecule has 1 saturated carbocycles. The summed E-state index contributed by atoms with van der Waals surface area (Å²) >= 11 is 0. The molecule has 1 fully saturated rings. The molecule has 23 heavy (non-hydrogen) atoms. The lowest BCUT2D eigenvalue weighted by Gasteiger charge is -2.37. The van der Waals surface area contributed by atoms with Crippen LogP contribution in [0.3, 0.4) is 0 Å². The van der Waals surface area contributed by atoms with Crippen molar-refractivity contribution in [1.29, 1.82) is 0 Å². The summed E-state index contributed by atoms with van der Waals surface area (Å²) in [5.41, 5.74) is 1.47. The summed E-state index contributed by atoms with van der Waals surface area (Å²) in [4.78, 5) is 27.9. The van der Waals surface area contributed by atoms with Crippen molar-refractivity contribution in [2.75, 3.05) is 5.32 Å². The average molecular weight is 310 g/mol. The third-order valence-electron chi connectivity index (χ3n) is 4.45. The van der Waals surface area contributed by atoms with Gasteiger partial charge in [0.2, 0.25) is 0 Å². The molecular formula is C18H18N2O3. The topological polar surface area (TPSA) is 79.3 Å². The van der Waals surface area contributed by atoms with Crippen molar-refractivity contribution in [2.24, 2.45) is 0 Å². The second-order valence-electron chi connectivity index (χ2n) is 6.00. The van der Waals surface area contributed by atoms with E-state index in [0.717, 1.165) is 12.0 Å². The van der Waals surface area contributed by atoms with Crippen LogP contribution in [0.2, 0.25) is 0 Å². The Bertz CT molecular complexity index is 749. The summed E-state index contributed by atoms with van der Waals surface area (Å²) in [7, 11) is 0. The Labute approximate surface area is 134 Å². The molecule has 1 aromatic heterocycles. The number of anilines is 1. The first-order valence-electron chi connectivity index (χ1n) is 7.59. The number of carboxylic acid groups (broad SMARTS) is 1. The van der Waals surface area contributed by atoms with E-state index in [1.807, 2.05) is 19.1 Å². The standard InChI is InChI=1S/C18H18N2O3/c1-12-4-2-5-13(10-12)16(21)20-15-7-6-14(11-19-15)18(17(22)23)8-3-9-18/h2,4-7,10-11H,3,8-9H2,1H3,(H,22,23)(H,19,20,21). The Kier molecular flexibility index (Phi) is 3.86. The molecule has 1 heterocycles. The van der Waals surface area contributed by atoms with E-state index in [0.29, 0.717) is 29.8 Å². The molecule has 0 radical (unpaired) electrons. The van der Waals surface area contributed by atoms with Gasteiger partial charge in [0.05, 0.1) is 5.41 Å². The summed E-state index contributed by atoms with van der Waals surface area (Å²) in [6.07, 6.45) is 3.75. The van der Waals surface area contributed by atoms with Crippen molar-refractivity contribution in [3.8, 4) is 0 Å². The molecule has 1 aliphatic carbocycles. The van der Waals surface area contributed by atoms with Crippen molar-refractivity contribution < 1.29 is 14.7 Å².